The Labute approximate surface area is 256 Å². The number of hydrogen-bond donors (Lipinski definition) is 1. The molecule has 1 aromatic carbocycles. The molecule has 1 N–H and O–H groups in total. The van der Waals surface area contributed by atoms with Gasteiger partial charge in [-0.1, -0.05) is 89.3 Å². The zero-order valence-corrected chi connectivity index (χ0v) is 26.9. The maximum absolute atomic E-state index is 15.0. The maximum atomic E-state index is 15.0. The van der Waals surface area contributed by atoms with Gasteiger partial charge in [-0.2, -0.15) is 0 Å². The molecule has 2 fully saturated rings. The van der Waals surface area contributed by atoms with Crippen molar-refractivity contribution in [2.45, 2.75) is 96.6 Å². The fourth-order valence-corrected chi connectivity index (χ4v) is 8.52. The Hall–Kier alpha value is -2.97. The van der Waals surface area contributed by atoms with E-state index in [9.17, 15) is 14.7 Å². The van der Waals surface area contributed by atoms with Crippen LogP contribution in [0.4, 0.5) is 0 Å². The van der Waals surface area contributed by atoms with Gasteiger partial charge in [-0.3, -0.25) is 14.4 Å². The van der Waals surface area contributed by atoms with E-state index in [1.54, 1.807) is 4.90 Å². The zero-order valence-electron chi connectivity index (χ0n) is 26.9. The number of aliphatic hydroxyl groups excluding tert-OH is 1. The van der Waals surface area contributed by atoms with Crippen LogP contribution in [-0.4, -0.2) is 86.6 Å². The molecular formula is C35H49N3O5. The quantitative estimate of drug-likeness (QED) is 0.450. The first kappa shape index (κ1) is 31.5. The van der Waals surface area contributed by atoms with Crippen molar-refractivity contribution in [1.82, 2.24) is 14.7 Å². The zero-order chi connectivity index (χ0) is 31.4. The minimum absolute atomic E-state index is 0.0495. The molecule has 0 bridgehead atoms. The van der Waals surface area contributed by atoms with Crippen molar-refractivity contribution in [3.63, 3.8) is 0 Å². The molecule has 1 spiro atoms. The van der Waals surface area contributed by atoms with Crippen LogP contribution >= 0.6 is 0 Å². The molecule has 8 nitrogen and oxygen atoms in total. The molecule has 43 heavy (non-hydrogen) atoms. The Morgan fingerprint density at radius 3 is 2.21 bits per heavy atom. The Morgan fingerprint density at radius 1 is 0.930 bits per heavy atom. The van der Waals surface area contributed by atoms with Crippen molar-refractivity contribution in [2.24, 2.45) is 17.3 Å². The summed E-state index contributed by atoms with van der Waals surface area (Å²) in [5.41, 5.74) is -2.23. The molecule has 1 aromatic rings. The Bertz CT molecular complexity index is 1300. The molecule has 4 aliphatic rings. The van der Waals surface area contributed by atoms with Crippen LogP contribution in [0.1, 0.15) is 79.3 Å². The van der Waals surface area contributed by atoms with Crippen LogP contribution in [0.25, 0.3) is 0 Å². The van der Waals surface area contributed by atoms with E-state index in [4.69, 9.17) is 4.74 Å². The molecule has 6 atom stereocenters. The summed E-state index contributed by atoms with van der Waals surface area (Å²) in [7, 11) is 0. The van der Waals surface area contributed by atoms with Gasteiger partial charge in [-0.15, -0.1) is 0 Å². The van der Waals surface area contributed by atoms with Gasteiger partial charge in [0.05, 0.1) is 30.1 Å². The second-order valence-electron chi connectivity index (χ2n) is 14.6. The summed E-state index contributed by atoms with van der Waals surface area (Å²) in [6.45, 7) is 15.7. The van der Waals surface area contributed by atoms with Crippen molar-refractivity contribution < 1.29 is 24.2 Å². The summed E-state index contributed by atoms with van der Waals surface area (Å²) in [6, 6.07) is 7.53. The van der Waals surface area contributed by atoms with E-state index in [1.165, 1.54) is 0 Å². The van der Waals surface area contributed by atoms with Crippen LogP contribution in [0.3, 0.4) is 0 Å². The van der Waals surface area contributed by atoms with E-state index in [-0.39, 0.29) is 29.7 Å². The smallest absolute Gasteiger partial charge is 0.249 e. The summed E-state index contributed by atoms with van der Waals surface area (Å²) in [5.74, 6) is -2.34. The topological polar surface area (TPSA) is 90.4 Å². The standard InChI is InChI=1S/C35H49N3O5/c1-8-19-36-20-13-17-34(9-2)26(29(36)40)27-30(41)38(25(22-39)24-15-11-10-12-16-24)28-31(42)37(21-14-18-35(27,28)43-34)33(6,7)23-32(3,4)5/h10-18,25-28,39H,8-9,19-23H2,1-7H3/t25-,26+,27+,28?,34-,35+/m1/s1. The minimum Gasteiger partial charge on any atom is -0.394 e. The SMILES string of the molecule is CCCN1CC=C[C@@]2(CC)O[C@]34C=CCN(C(C)(C)CC(C)(C)C)C(=O)C3N([C@H](CO)c3ccccc3)C(=O)[C@@H]4[C@H]2C1=O. The van der Waals surface area contributed by atoms with E-state index in [0.29, 0.717) is 26.1 Å². The van der Waals surface area contributed by atoms with Gasteiger partial charge < -0.3 is 24.5 Å². The number of rotatable bonds is 8. The number of hydrogen-bond acceptors (Lipinski definition) is 5. The highest BCUT2D eigenvalue weighted by Gasteiger charge is 2.76. The molecule has 0 aliphatic carbocycles. The molecule has 234 valence electrons. The Kier molecular flexibility index (Phi) is 8.18. The van der Waals surface area contributed by atoms with Crippen molar-refractivity contribution in [3.8, 4) is 0 Å². The number of nitrogens with zero attached hydrogens (tertiary/aromatic N) is 3. The van der Waals surface area contributed by atoms with E-state index in [1.807, 2.05) is 78.3 Å². The summed E-state index contributed by atoms with van der Waals surface area (Å²) in [6.07, 6.45) is 9.83. The monoisotopic (exact) mass is 591 g/mol. The van der Waals surface area contributed by atoms with E-state index in [2.05, 4.69) is 34.6 Å². The lowest BCUT2D eigenvalue weighted by Crippen LogP contribution is -2.60. The van der Waals surface area contributed by atoms with Gasteiger partial charge in [-0.25, -0.2) is 0 Å². The van der Waals surface area contributed by atoms with Crippen molar-refractivity contribution in [3.05, 3.63) is 60.2 Å². The minimum atomic E-state index is -1.36. The molecule has 3 amide bonds. The van der Waals surface area contributed by atoms with Crippen LogP contribution in [-0.2, 0) is 19.1 Å². The summed E-state index contributed by atoms with van der Waals surface area (Å²) >= 11 is 0. The first-order chi connectivity index (χ1) is 20.3. The van der Waals surface area contributed by atoms with Crippen molar-refractivity contribution in [1.29, 1.82) is 0 Å². The van der Waals surface area contributed by atoms with Crippen molar-refractivity contribution in [2.75, 3.05) is 26.2 Å². The third-order valence-electron chi connectivity index (χ3n) is 9.84. The molecule has 1 unspecified atom stereocenters. The van der Waals surface area contributed by atoms with E-state index >= 15 is 4.79 Å². The molecule has 4 heterocycles. The molecule has 2 saturated heterocycles. The number of amides is 3. The first-order valence-electron chi connectivity index (χ1n) is 15.9. The highest BCUT2D eigenvalue weighted by molar-refractivity contribution is 6.00. The maximum Gasteiger partial charge on any atom is 0.249 e. The van der Waals surface area contributed by atoms with Gasteiger partial charge in [0, 0.05) is 25.2 Å². The van der Waals surface area contributed by atoms with Crippen LogP contribution in [0.2, 0.25) is 0 Å². The van der Waals surface area contributed by atoms with Gasteiger partial charge in [0.25, 0.3) is 0 Å². The third-order valence-corrected chi connectivity index (χ3v) is 9.84. The lowest BCUT2D eigenvalue weighted by Gasteiger charge is -2.46. The van der Waals surface area contributed by atoms with Gasteiger partial charge in [0.2, 0.25) is 17.7 Å². The number of aliphatic hydroxyl groups is 1. The summed E-state index contributed by atoms with van der Waals surface area (Å²) < 4.78 is 7.13. The van der Waals surface area contributed by atoms with Crippen LogP contribution < -0.4 is 0 Å². The average Bonchev–Trinajstić information content (AvgIpc) is 3.23. The number of carbonyl (C=O) groups is 3. The van der Waals surface area contributed by atoms with E-state index in [0.717, 1.165) is 18.4 Å². The number of benzene rings is 1. The highest BCUT2D eigenvalue weighted by atomic mass is 16.5. The fraction of sp³-hybridized carbons (Fsp3) is 0.629. The second kappa shape index (κ2) is 11.2. The molecule has 5 rings (SSSR count). The molecule has 0 radical (unpaired) electrons. The number of carbonyl (C=O) groups excluding carboxylic acids is 3. The molecule has 8 heteroatoms. The fourth-order valence-electron chi connectivity index (χ4n) is 8.52. The first-order valence-corrected chi connectivity index (χ1v) is 15.9. The van der Waals surface area contributed by atoms with Crippen molar-refractivity contribution >= 4 is 17.7 Å². The highest BCUT2D eigenvalue weighted by Crippen LogP contribution is 2.60. The lowest BCUT2D eigenvalue weighted by molar-refractivity contribution is -0.160. The van der Waals surface area contributed by atoms with Crippen LogP contribution in [0.5, 0.6) is 0 Å². The predicted molar refractivity (Wildman–Crippen MR) is 166 cm³/mol. The largest absolute Gasteiger partial charge is 0.394 e. The number of ether oxygens (including phenoxy) is 1. The molecule has 0 saturated carbocycles. The molecule has 4 aliphatic heterocycles. The summed E-state index contributed by atoms with van der Waals surface area (Å²) in [4.78, 5) is 49.6. The predicted octanol–water partition coefficient (Wildman–Crippen LogP) is 4.50. The third kappa shape index (κ3) is 5.04. The second-order valence-corrected chi connectivity index (χ2v) is 14.6. The Balaban J connectivity index is 1.71. The van der Waals surface area contributed by atoms with Gasteiger partial charge >= 0.3 is 0 Å². The Morgan fingerprint density at radius 2 is 1.60 bits per heavy atom. The number of likely N-dealkylation sites (tertiary alicyclic amines) is 1. The van der Waals surface area contributed by atoms with Gasteiger partial charge in [-0.05, 0) is 44.1 Å². The molecule has 0 aromatic heterocycles. The average molecular weight is 592 g/mol. The van der Waals surface area contributed by atoms with Gasteiger partial charge in [0.15, 0.2) is 0 Å². The van der Waals surface area contributed by atoms with Crippen LogP contribution in [0, 0.1) is 17.3 Å². The van der Waals surface area contributed by atoms with Crippen LogP contribution in [0.15, 0.2) is 54.6 Å². The molecular weight excluding hydrogens is 542 g/mol. The lowest BCUT2D eigenvalue weighted by atomic mass is 9.72. The van der Waals surface area contributed by atoms with Gasteiger partial charge in [0.1, 0.15) is 11.6 Å². The van der Waals surface area contributed by atoms with E-state index < -0.39 is 40.7 Å². The normalized spacial score (nSPS) is 31.6. The number of fused-ring (bicyclic) bond motifs is 2. The summed E-state index contributed by atoms with van der Waals surface area (Å²) in [5, 5.41) is 10.8.